The van der Waals surface area contributed by atoms with Gasteiger partial charge in [0.25, 0.3) is 0 Å². The molecule has 0 aliphatic carbocycles. The molecule has 5 heteroatoms. The van der Waals surface area contributed by atoms with Crippen molar-refractivity contribution in [1.82, 2.24) is 10.2 Å². The smallest absolute Gasteiger partial charge is 0.243 e. The molecule has 2 amide bonds. The van der Waals surface area contributed by atoms with Crippen molar-refractivity contribution in [3.63, 3.8) is 0 Å². The molecule has 2 atom stereocenters. The van der Waals surface area contributed by atoms with E-state index < -0.39 is 6.04 Å². The summed E-state index contributed by atoms with van der Waals surface area (Å²) in [6.07, 6.45) is 1.63. The van der Waals surface area contributed by atoms with E-state index in [2.05, 4.69) is 29.6 Å². The molecular weight excluding hydrogens is 456 g/mol. The molecule has 4 nitrogen and oxygen atoms in total. The van der Waals surface area contributed by atoms with E-state index in [-0.39, 0.29) is 30.2 Å². The second-order valence-electron chi connectivity index (χ2n) is 8.97. The lowest BCUT2D eigenvalue weighted by atomic mass is 9.88. The molecular formula is C30H35ClN2O2. The number of rotatable bonds is 11. The Morgan fingerprint density at radius 1 is 0.829 bits per heavy atom. The molecule has 3 aromatic carbocycles. The summed E-state index contributed by atoms with van der Waals surface area (Å²) >= 11 is 6.08. The van der Waals surface area contributed by atoms with Crippen molar-refractivity contribution < 1.29 is 9.59 Å². The summed E-state index contributed by atoms with van der Waals surface area (Å²) in [4.78, 5) is 28.9. The molecule has 184 valence electrons. The second kappa shape index (κ2) is 13.1. The summed E-state index contributed by atoms with van der Waals surface area (Å²) in [5.41, 5.74) is 3.10. The van der Waals surface area contributed by atoms with Crippen molar-refractivity contribution in [3.8, 4) is 0 Å². The molecule has 35 heavy (non-hydrogen) atoms. The molecule has 0 fully saturated rings. The van der Waals surface area contributed by atoms with Gasteiger partial charge in [0.15, 0.2) is 0 Å². The van der Waals surface area contributed by atoms with Crippen LogP contribution in [0.3, 0.4) is 0 Å². The van der Waals surface area contributed by atoms with Crippen LogP contribution < -0.4 is 5.32 Å². The molecule has 0 spiro atoms. The topological polar surface area (TPSA) is 49.4 Å². The fraction of sp³-hybridized carbons (Fsp3) is 0.333. The molecule has 0 saturated carbocycles. The second-order valence-corrected chi connectivity index (χ2v) is 9.40. The molecule has 0 bridgehead atoms. The average Bonchev–Trinajstić information content (AvgIpc) is 2.89. The molecule has 0 radical (unpaired) electrons. The number of nitrogens with zero attached hydrogens (tertiary/aromatic N) is 1. The third-order valence-corrected chi connectivity index (χ3v) is 6.69. The van der Waals surface area contributed by atoms with Crippen LogP contribution in [0, 0.1) is 0 Å². The predicted octanol–water partition coefficient (Wildman–Crippen LogP) is 6.58. The van der Waals surface area contributed by atoms with Crippen LogP contribution >= 0.6 is 11.6 Å². The Morgan fingerprint density at radius 2 is 1.37 bits per heavy atom. The van der Waals surface area contributed by atoms with Crippen molar-refractivity contribution >= 4 is 23.4 Å². The van der Waals surface area contributed by atoms with Crippen molar-refractivity contribution in [2.24, 2.45) is 0 Å². The van der Waals surface area contributed by atoms with E-state index in [9.17, 15) is 9.59 Å². The van der Waals surface area contributed by atoms with Gasteiger partial charge in [-0.2, -0.15) is 0 Å². The zero-order valence-electron chi connectivity index (χ0n) is 20.8. The zero-order chi connectivity index (χ0) is 25.2. The van der Waals surface area contributed by atoms with E-state index in [0.29, 0.717) is 18.0 Å². The van der Waals surface area contributed by atoms with Crippen molar-refractivity contribution in [2.75, 3.05) is 0 Å². The number of amides is 2. The first-order valence-corrected chi connectivity index (χ1v) is 12.7. The number of carbonyl (C=O) groups is 2. The first-order valence-electron chi connectivity index (χ1n) is 12.4. The van der Waals surface area contributed by atoms with Gasteiger partial charge >= 0.3 is 0 Å². The highest BCUT2D eigenvalue weighted by Crippen LogP contribution is 2.29. The molecule has 1 N–H and O–H groups in total. The minimum atomic E-state index is -0.556. The van der Waals surface area contributed by atoms with E-state index in [4.69, 9.17) is 11.6 Å². The molecule has 3 aromatic rings. The number of benzene rings is 3. The monoisotopic (exact) mass is 490 g/mol. The lowest BCUT2D eigenvalue weighted by Crippen LogP contribution is -2.51. The standard InChI is InChI=1S/C30H35ClN2O2/c1-4-22(3)32-30(35)28(5-2)33(21-23-16-18-26(31)19-17-23)29(34)20-27(24-12-8-6-9-13-24)25-14-10-7-11-15-25/h6-19,22,27-28H,4-5,20-21H2,1-3H3,(H,32,35)/t22-,28-/m0/s1. The average molecular weight is 491 g/mol. The lowest BCUT2D eigenvalue weighted by molar-refractivity contribution is -0.141. The summed E-state index contributed by atoms with van der Waals surface area (Å²) in [6, 6.07) is 27.1. The Balaban J connectivity index is 1.94. The largest absolute Gasteiger partial charge is 0.352 e. The van der Waals surface area contributed by atoms with E-state index in [0.717, 1.165) is 23.1 Å². The van der Waals surface area contributed by atoms with Gasteiger partial charge in [-0.25, -0.2) is 0 Å². The maximum Gasteiger partial charge on any atom is 0.243 e. The van der Waals surface area contributed by atoms with Gasteiger partial charge in [-0.05, 0) is 48.6 Å². The van der Waals surface area contributed by atoms with Crippen LogP contribution in [0.4, 0.5) is 0 Å². The van der Waals surface area contributed by atoms with Crippen LogP contribution in [0.5, 0.6) is 0 Å². The predicted molar refractivity (Wildman–Crippen MR) is 143 cm³/mol. The molecule has 0 aliphatic rings. The van der Waals surface area contributed by atoms with Gasteiger partial charge in [-0.3, -0.25) is 9.59 Å². The minimum absolute atomic E-state index is 0.0467. The minimum Gasteiger partial charge on any atom is -0.352 e. The maximum absolute atomic E-state index is 14.0. The summed E-state index contributed by atoms with van der Waals surface area (Å²) in [6.45, 7) is 6.32. The van der Waals surface area contributed by atoms with E-state index >= 15 is 0 Å². The number of carbonyl (C=O) groups excluding carboxylic acids is 2. The van der Waals surface area contributed by atoms with Crippen LogP contribution in [0.1, 0.15) is 62.6 Å². The molecule has 0 saturated heterocycles. The zero-order valence-corrected chi connectivity index (χ0v) is 21.5. The molecule has 0 heterocycles. The third-order valence-electron chi connectivity index (χ3n) is 6.44. The van der Waals surface area contributed by atoms with Crippen molar-refractivity contribution in [3.05, 3.63) is 107 Å². The third kappa shape index (κ3) is 7.43. The van der Waals surface area contributed by atoms with Gasteiger partial charge in [0.2, 0.25) is 11.8 Å². The fourth-order valence-electron chi connectivity index (χ4n) is 4.24. The molecule has 0 unspecified atom stereocenters. The lowest BCUT2D eigenvalue weighted by Gasteiger charge is -2.33. The first kappa shape index (κ1) is 26.5. The normalized spacial score (nSPS) is 12.7. The molecule has 0 aliphatic heterocycles. The quantitative estimate of drug-likeness (QED) is 0.330. The maximum atomic E-state index is 14.0. The van der Waals surface area contributed by atoms with Crippen molar-refractivity contribution in [1.29, 1.82) is 0 Å². The summed E-state index contributed by atoms with van der Waals surface area (Å²) in [5, 5.41) is 3.71. The number of nitrogens with one attached hydrogen (secondary N) is 1. The number of hydrogen-bond acceptors (Lipinski definition) is 2. The van der Waals surface area contributed by atoms with Gasteiger partial charge in [0, 0.05) is 29.9 Å². The van der Waals surface area contributed by atoms with Gasteiger partial charge in [0.1, 0.15) is 6.04 Å². The highest BCUT2D eigenvalue weighted by atomic mass is 35.5. The Labute approximate surface area is 214 Å². The Morgan fingerprint density at radius 3 is 1.86 bits per heavy atom. The Kier molecular flexibility index (Phi) is 9.92. The summed E-state index contributed by atoms with van der Waals surface area (Å²) < 4.78 is 0. The van der Waals surface area contributed by atoms with Crippen LogP contribution in [-0.4, -0.2) is 28.8 Å². The van der Waals surface area contributed by atoms with Crippen LogP contribution in [0.2, 0.25) is 5.02 Å². The van der Waals surface area contributed by atoms with Gasteiger partial charge in [0.05, 0.1) is 0 Å². The SMILES string of the molecule is CC[C@H](C)NC(=O)[C@H](CC)N(Cc1ccc(Cl)cc1)C(=O)CC(c1ccccc1)c1ccccc1. The van der Waals surface area contributed by atoms with E-state index in [1.165, 1.54) is 0 Å². The first-order chi connectivity index (χ1) is 16.9. The van der Waals surface area contributed by atoms with E-state index in [1.807, 2.05) is 81.4 Å². The highest BCUT2D eigenvalue weighted by molar-refractivity contribution is 6.30. The van der Waals surface area contributed by atoms with Gasteiger partial charge < -0.3 is 10.2 Å². The van der Waals surface area contributed by atoms with Crippen LogP contribution in [0.25, 0.3) is 0 Å². The number of halogens is 1. The van der Waals surface area contributed by atoms with Gasteiger partial charge in [-0.1, -0.05) is 98.2 Å². The van der Waals surface area contributed by atoms with Crippen LogP contribution in [0.15, 0.2) is 84.9 Å². The summed E-state index contributed by atoms with van der Waals surface area (Å²) in [5.74, 6) is -0.267. The summed E-state index contributed by atoms with van der Waals surface area (Å²) in [7, 11) is 0. The Bertz CT molecular complexity index is 1030. The fourth-order valence-corrected chi connectivity index (χ4v) is 4.36. The Hall–Kier alpha value is -3.11. The molecule has 0 aromatic heterocycles. The highest BCUT2D eigenvalue weighted by Gasteiger charge is 2.31. The van der Waals surface area contributed by atoms with Gasteiger partial charge in [-0.15, -0.1) is 0 Å². The van der Waals surface area contributed by atoms with Crippen LogP contribution in [-0.2, 0) is 16.1 Å². The number of hydrogen-bond donors (Lipinski definition) is 1. The van der Waals surface area contributed by atoms with E-state index in [1.54, 1.807) is 4.90 Å². The molecule has 3 rings (SSSR count). The van der Waals surface area contributed by atoms with Crippen molar-refractivity contribution in [2.45, 2.75) is 64.6 Å².